The number of benzene rings is 1. The molecule has 2 N–H and O–H groups in total. The summed E-state index contributed by atoms with van der Waals surface area (Å²) in [5.74, 6) is 1.55. The minimum absolute atomic E-state index is 0.0469. The fraction of sp³-hybridized carbons (Fsp3) is 0.632. The van der Waals surface area contributed by atoms with Gasteiger partial charge in [-0.2, -0.15) is 0 Å². The summed E-state index contributed by atoms with van der Waals surface area (Å²) in [6.45, 7) is 5.31. The Hall–Kier alpha value is -1.79. The average Bonchev–Trinajstić information content (AvgIpc) is 3.12. The minimum Gasteiger partial charge on any atom is -0.486 e. The quantitative estimate of drug-likeness (QED) is 0.893. The van der Waals surface area contributed by atoms with Crippen molar-refractivity contribution in [3.8, 4) is 11.5 Å². The predicted molar refractivity (Wildman–Crippen MR) is 94.7 cm³/mol. The van der Waals surface area contributed by atoms with Crippen LogP contribution < -0.4 is 15.2 Å². The minimum atomic E-state index is -0.156. The second-order valence-electron chi connectivity index (χ2n) is 7.28. The summed E-state index contributed by atoms with van der Waals surface area (Å²) in [6.07, 6.45) is 4.22. The van der Waals surface area contributed by atoms with Crippen LogP contribution in [0.4, 0.5) is 0 Å². The van der Waals surface area contributed by atoms with Gasteiger partial charge in [-0.15, -0.1) is 0 Å². The highest BCUT2D eigenvalue weighted by Crippen LogP contribution is 2.32. The number of nitrogens with two attached hydrogens (primary N) is 1. The van der Waals surface area contributed by atoms with Crippen LogP contribution >= 0.6 is 0 Å². The second-order valence-corrected chi connectivity index (χ2v) is 7.28. The molecular weight excluding hydrogens is 318 g/mol. The summed E-state index contributed by atoms with van der Waals surface area (Å²) >= 11 is 0. The molecule has 0 radical (unpaired) electrons. The molecule has 3 heterocycles. The molecule has 4 rings (SSSR count). The van der Waals surface area contributed by atoms with Crippen LogP contribution in [0.25, 0.3) is 0 Å². The van der Waals surface area contributed by atoms with Crippen LogP contribution in [-0.2, 0) is 11.3 Å². The van der Waals surface area contributed by atoms with E-state index < -0.39 is 0 Å². The highest BCUT2D eigenvalue weighted by Gasteiger charge is 2.35. The standard InChI is InChI=1S/C19H27N3O3/c20-19(23)16-2-1-7-22(16)15-5-8-21(9-6-15)13-14-3-4-17-18(12-14)25-11-10-24-17/h3-4,12,15-16H,1-2,5-11,13H2,(H2,20,23). The number of amides is 1. The van der Waals surface area contributed by atoms with Gasteiger partial charge < -0.3 is 15.2 Å². The van der Waals surface area contributed by atoms with E-state index in [-0.39, 0.29) is 11.9 Å². The molecule has 3 aliphatic rings. The Morgan fingerprint density at radius 3 is 2.60 bits per heavy atom. The van der Waals surface area contributed by atoms with E-state index in [1.807, 2.05) is 6.07 Å². The van der Waals surface area contributed by atoms with Crippen molar-refractivity contribution in [1.82, 2.24) is 9.80 Å². The first-order valence-electron chi connectivity index (χ1n) is 9.36. The van der Waals surface area contributed by atoms with Crippen LogP contribution in [0.1, 0.15) is 31.2 Å². The van der Waals surface area contributed by atoms with Crippen LogP contribution in [0.2, 0.25) is 0 Å². The van der Waals surface area contributed by atoms with Crippen molar-refractivity contribution < 1.29 is 14.3 Å². The van der Waals surface area contributed by atoms with Gasteiger partial charge in [-0.05, 0) is 63.0 Å². The third kappa shape index (κ3) is 3.60. The van der Waals surface area contributed by atoms with Gasteiger partial charge in [0.25, 0.3) is 0 Å². The maximum Gasteiger partial charge on any atom is 0.234 e. The fourth-order valence-electron chi connectivity index (χ4n) is 4.39. The van der Waals surface area contributed by atoms with Crippen molar-refractivity contribution in [3.63, 3.8) is 0 Å². The number of fused-ring (bicyclic) bond motifs is 1. The lowest BCUT2D eigenvalue weighted by Gasteiger charge is -2.38. The zero-order chi connectivity index (χ0) is 17.2. The lowest BCUT2D eigenvalue weighted by atomic mass is 10.0. The van der Waals surface area contributed by atoms with E-state index in [0.717, 1.165) is 63.4 Å². The molecule has 2 saturated heterocycles. The summed E-state index contributed by atoms with van der Waals surface area (Å²) in [6, 6.07) is 6.69. The van der Waals surface area contributed by atoms with Gasteiger partial charge in [0.1, 0.15) is 13.2 Å². The van der Waals surface area contributed by atoms with Gasteiger partial charge in [0, 0.05) is 12.6 Å². The third-order valence-corrected chi connectivity index (χ3v) is 5.66. The van der Waals surface area contributed by atoms with E-state index in [9.17, 15) is 4.79 Å². The number of piperidine rings is 1. The van der Waals surface area contributed by atoms with Gasteiger partial charge in [-0.25, -0.2) is 0 Å². The molecule has 1 atom stereocenters. The summed E-state index contributed by atoms with van der Waals surface area (Å²) in [4.78, 5) is 16.5. The van der Waals surface area contributed by atoms with Crippen LogP contribution in [0, 0.1) is 0 Å². The molecule has 0 aliphatic carbocycles. The topological polar surface area (TPSA) is 68.0 Å². The Morgan fingerprint density at radius 2 is 1.84 bits per heavy atom. The van der Waals surface area contributed by atoms with Crippen LogP contribution in [0.3, 0.4) is 0 Å². The molecule has 1 aromatic rings. The van der Waals surface area contributed by atoms with Crippen molar-refractivity contribution in [2.24, 2.45) is 5.73 Å². The van der Waals surface area contributed by atoms with Gasteiger partial charge in [-0.3, -0.25) is 14.6 Å². The van der Waals surface area contributed by atoms with Crippen LogP contribution in [0.15, 0.2) is 18.2 Å². The second kappa shape index (κ2) is 7.22. The highest BCUT2D eigenvalue weighted by atomic mass is 16.6. The van der Waals surface area contributed by atoms with Crippen molar-refractivity contribution in [1.29, 1.82) is 0 Å². The van der Waals surface area contributed by atoms with Gasteiger partial charge in [0.15, 0.2) is 11.5 Å². The molecule has 2 fully saturated rings. The Kier molecular flexibility index (Phi) is 4.81. The number of likely N-dealkylation sites (tertiary alicyclic amines) is 2. The normalized spacial score (nSPS) is 25.2. The van der Waals surface area contributed by atoms with E-state index in [0.29, 0.717) is 19.3 Å². The number of hydrogen-bond donors (Lipinski definition) is 1. The van der Waals surface area contributed by atoms with Crippen LogP contribution in [0.5, 0.6) is 11.5 Å². The summed E-state index contributed by atoms with van der Waals surface area (Å²) in [7, 11) is 0. The Labute approximate surface area is 148 Å². The molecule has 1 unspecified atom stereocenters. The Bertz CT molecular complexity index is 628. The summed E-state index contributed by atoms with van der Waals surface area (Å²) in [5.41, 5.74) is 6.83. The zero-order valence-electron chi connectivity index (χ0n) is 14.7. The van der Waals surface area contributed by atoms with Crippen molar-refractivity contribution in [3.05, 3.63) is 23.8 Å². The van der Waals surface area contributed by atoms with Crippen molar-refractivity contribution in [2.75, 3.05) is 32.8 Å². The molecule has 136 valence electrons. The fourth-order valence-corrected chi connectivity index (χ4v) is 4.39. The number of rotatable bonds is 4. The summed E-state index contributed by atoms with van der Waals surface area (Å²) in [5, 5.41) is 0. The molecule has 0 saturated carbocycles. The molecule has 1 amide bonds. The monoisotopic (exact) mass is 345 g/mol. The number of hydrogen-bond acceptors (Lipinski definition) is 5. The number of nitrogens with zero attached hydrogens (tertiary/aromatic N) is 2. The summed E-state index contributed by atoms with van der Waals surface area (Å²) < 4.78 is 11.3. The molecule has 6 heteroatoms. The van der Waals surface area contributed by atoms with Gasteiger partial charge in [-0.1, -0.05) is 6.07 Å². The zero-order valence-corrected chi connectivity index (χ0v) is 14.7. The first-order valence-corrected chi connectivity index (χ1v) is 9.36. The molecule has 3 aliphatic heterocycles. The lowest BCUT2D eigenvalue weighted by molar-refractivity contribution is -0.123. The van der Waals surface area contributed by atoms with Gasteiger partial charge >= 0.3 is 0 Å². The average molecular weight is 345 g/mol. The van der Waals surface area contributed by atoms with E-state index in [4.69, 9.17) is 15.2 Å². The van der Waals surface area contributed by atoms with E-state index in [2.05, 4.69) is 21.9 Å². The molecule has 0 bridgehead atoms. The first kappa shape index (κ1) is 16.7. The third-order valence-electron chi connectivity index (χ3n) is 5.66. The van der Waals surface area contributed by atoms with E-state index in [1.54, 1.807) is 0 Å². The number of carbonyl (C=O) groups is 1. The highest BCUT2D eigenvalue weighted by molar-refractivity contribution is 5.80. The molecule has 0 spiro atoms. The predicted octanol–water partition coefficient (Wildman–Crippen LogP) is 1.37. The smallest absolute Gasteiger partial charge is 0.234 e. The first-order chi connectivity index (χ1) is 12.2. The molecule has 1 aromatic carbocycles. The number of ether oxygens (including phenoxy) is 2. The molecular formula is C19H27N3O3. The Balaban J connectivity index is 1.32. The Morgan fingerprint density at radius 1 is 1.08 bits per heavy atom. The number of carbonyl (C=O) groups excluding carboxylic acids is 1. The van der Waals surface area contributed by atoms with Crippen LogP contribution in [-0.4, -0.2) is 60.6 Å². The van der Waals surface area contributed by atoms with Crippen molar-refractivity contribution in [2.45, 2.75) is 44.3 Å². The number of primary amides is 1. The maximum absolute atomic E-state index is 11.6. The largest absolute Gasteiger partial charge is 0.486 e. The van der Waals surface area contributed by atoms with E-state index >= 15 is 0 Å². The van der Waals surface area contributed by atoms with E-state index in [1.165, 1.54) is 5.56 Å². The van der Waals surface area contributed by atoms with Crippen molar-refractivity contribution >= 4 is 5.91 Å². The lowest BCUT2D eigenvalue weighted by Crippen LogP contribution is -2.50. The maximum atomic E-state index is 11.6. The molecule has 6 nitrogen and oxygen atoms in total. The van der Waals surface area contributed by atoms with Gasteiger partial charge in [0.05, 0.1) is 6.04 Å². The SMILES string of the molecule is NC(=O)C1CCCN1C1CCN(Cc2ccc3c(c2)OCCO3)CC1. The molecule has 0 aromatic heterocycles. The van der Waals surface area contributed by atoms with Gasteiger partial charge in [0.2, 0.25) is 5.91 Å². The molecule has 25 heavy (non-hydrogen) atoms.